The monoisotopic (exact) mass is 314 g/mol. The first kappa shape index (κ1) is 18.1. The van der Waals surface area contributed by atoms with Gasteiger partial charge in [-0.2, -0.15) is 0 Å². The quantitative estimate of drug-likeness (QED) is 0.682. The fourth-order valence-electron chi connectivity index (χ4n) is 2.15. The zero-order valence-electron chi connectivity index (χ0n) is 13.3. The van der Waals surface area contributed by atoms with Gasteiger partial charge < -0.3 is 10.1 Å². The molecule has 1 unspecified atom stereocenters. The first-order chi connectivity index (χ1) is 9.92. The molecule has 0 amide bonds. The van der Waals surface area contributed by atoms with Crippen LogP contribution in [0, 0.1) is 6.92 Å². The molecular formula is C15H26N2O3S. The van der Waals surface area contributed by atoms with E-state index in [1.807, 2.05) is 13.0 Å². The minimum Gasteiger partial charge on any atom is -0.383 e. The molecule has 0 aliphatic carbocycles. The molecule has 6 heteroatoms. The molecule has 0 saturated heterocycles. The number of hydrogen-bond donors (Lipinski definition) is 2. The van der Waals surface area contributed by atoms with E-state index in [0.29, 0.717) is 18.0 Å². The third-order valence-electron chi connectivity index (χ3n) is 3.20. The minimum atomic E-state index is -3.52. The van der Waals surface area contributed by atoms with Crippen molar-refractivity contribution in [1.29, 1.82) is 0 Å². The second-order valence-corrected chi connectivity index (χ2v) is 6.88. The van der Waals surface area contributed by atoms with E-state index in [0.717, 1.165) is 24.1 Å². The highest BCUT2D eigenvalue weighted by Crippen LogP contribution is 2.19. The largest absolute Gasteiger partial charge is 0.383 e. The van der Waals surface area contributed by atoms with Crippen LogP contribution in [-0.4, -0.2) is 34.7 Å². The molecule has 2 N–H and O–H groups in total. The number of methoxy groups -OCH3 is 1. The molecular weight excluding hydrogens is 288 g/mol. The summed E-state index contributed by atoms with van der Waals surface area (Å²) in [6.45, 7) is 7.66. The molecule has 0 aromatic heterocycles. The Morgan fingerprint density at radius 1 is 1.33 bits per heavy atom. The summed E-state index contributed by atoms with van der Waals surface area (Å²) in [6.07, 6.45) is 1.05. The minimum absolute atomic E-state index is 0.263. The van der Waals surface area contributed by atoms with Crippen molar-refractivity contribution < 1.29 is 13.2 Å². The van der Waals surface area contributed by atoms with Crippen molar-refractivity contribution in [3.05, 3.63) is 29.3 Å². The summed E-state index contributed by atoms with van der Waals surface area (Å²) in [5.74, 6) is 0. The maximum Gasteiger partial charge on any atom is 0.241 e. The van der Waals surface area contributed by atoms with Crippen LogP contribution in [0.25, 0.3) is 0 Å². The van der Waals surface area contributed by atoms with E-state index in [1.54, 1.807) is 26.2 Å². The van der Waals surface area contributed by atoms with Crippen LogP contribution < -0.4 is 10.0 Å². The highest BCUT2D eigenvalue weighted by atomic mass is 32.2. The molecule has 0 fully saturated rings. The Bertz CT molecular complexity index is 544. The van der Waals surface area contributed by atoms with E-state index >= 15 is 0 Å². The van der Waals surface area contributed by atoms with E-state index in [2.05, 4.69) is 17.0 Å². The van der Waals surface area contributed by atoms with E-state index in [-0.39, 0.29) is 6.04 Å². The molecule has 5 nitrogen and oxygen atoms in total. The molecule has 0 aliphatic heterocycles. The van der Waals surface area contributed by atoms with Gasteiger partial charge in [0, 0.05) is 19.7 Å². The maximum atomic E-state index is 12.4. The Morgan fingerprint density at radius 2 is 2.05 bits per heavy atom. The Balaban J connectivity index is 2.94. The van der Waals surface area contributed by atoms with Gasteiger partial charge in [0.15, 0.2) is 0 Å². The predicted molar refractivity (Wildman–Crippen MR) is 84.8 cm³/mol. The summed E-state index contributed by atoms with van der Waals surface area (Å²) in [5.41, 5.74) is 1.80. The van der Waals surface area contributed by atoms with Gasteiger partial charge in [0.05, 0.1) is 11.5 Å². The van der Waals surface area contributed by atoms with Gasteiger partial charge >= 0.3 is 0 Å². The number of ether oxygens (including phenoxy) is 1. The van der Waals surface area contributed by atoms with Gasteiger partial charge in [-0.25, -0.2) is 13.1 Å². The van der Waals surface area contributed by atoms with E-state index in [4.69, 9.17) is 4.74 Å². The zero-order valence-corrected chi connectivity index (χ0v) is 14.1. The van der Waals surface area contributed by atoms with Crippen molar-refractivity contribution in [3.63, 3.8) is 0 Å². The summed E-state index contributed by atoms with van der Waals surface area (Å²) in [5, 5.41) is 3.30. The summed E-state index contributed by atoms with van der Waals surface area (Å²) in [4.78, 5) is 0.334. The van der Waals surface area contributed by atoms with Gasteiger partial charge in [-0.1, -0.05) is 19.1 Å². The second kappa shape index (κ2) is 8.48. The predicted octanol–water partition coefficient (Wildman–Crippen LogP) is 1.81. The number of rotatable bonds is 9. The van der Waals surface area contributed by atoms with Crippen LogP contribution in [0.2, 0.25) is 0 Å². The van der Waals surface area contributed by atoms with Crippen LogP contribution in [0.5, 0.6) is 0 Å². The molecule has 0 aliphatic rings. The zero-order chi connectivity index (χ0) is 15.9. The van der Waals surface area contributed by atoms with Crippen LogP contribution in [0.3, 0.4) is 0 Å². The lowest BCUT2D eigenvalue weighted by atomic mass is 10.1. The number of nitrogens with one attached hydrogen (secondary N) is 2. The van der Waals surface area contributed by atoms with Gasteiger partial charge in [0.25, 0.3) is 0 Å². The van der Waals surface area contributed by atoms with Crippen molar-refractivity contribution in [2.24, 2.45) is 0 Å². The highest BCUT2D eigenvalue weighted by molar-refractivity contribution is 7.89. The van der Waals surface area contributed by atoms with E-state index in [1.165, 1.54) is 0 Å². The Kier molecular flexibility index (Phi) is 7.31. The average molecular weight is 314 g/mol. The fraction of sp³-hybridized carbons (Fsp3) is 0.600. The normalized spacial score (nSPS) is 13.3. The maximum absolute atomic E-state index is 12.4. The van der Waals surface area contributed by atoms with Crippen LogP contribution in [0.4, 0.5) is 0 Å². The third-order valence-corrected chi connectivity index (χ3v) is 4.93. The molecule has 120 valence electrons. The van der Waals surface area contributed by atoms with Crippen LogP contribution in [0.15, 0.2) is 23.1 Å². The van der Waals surface area contributed by atoms with Gasteiger partial charge in [-0.15, -0.1) is 0 Å². The smallest absolute Gasteiger partial charge is 0.241 e. The van der Waals surface area contributed by atoms with Gasteiger partial charge in [-0.05, 0) is 44.0 Å². The fourth-order valence-corrected chi connectivity index (χ4v) is 3.67. The molecule has 0 heterocycles. The Labute approximate surface area is 128 Å². The first-order valence-corrected chi connectivity index (χ1v) is 8.71. The van der Waals surface area contributed by atoms with Crippen LogP contribution >= 0.6 is 0 Å². The van der Waals surface area contributed by atoms with Gasteiger partial charge in [0.1, 0.15) is 0 Å². The number of benzene rings is 1. The molecule has 0 radical (unpaired) electrons. The molecule has 1 aromatic carbocycles. The van der Waals surface area contributed by atoms with E-state index < -0.39 is 10.0 Å². The molecule has 1 rings (SSSR count). The van der Waals surface area contributed by atoms with Crippen LogP contribution in [0.1, 0.15) is 31.4 Å². The summed E-state index contributed by atoms with van der Waals surface area (Å²) in [6, 6.07) is 5.11. The van der Waals surface area contributed by atoms with Gasteiger partial charge in [-0.3, -0.25) is 0 Å². The highest BCUT2D eigenvalue weighted by Gasteiger charge is 2.20. The molecule has 0 bridgehead atoms. The molecule has 21 heavy (non-hydrogen) atoms. The second-order valence-electron chi connectivity index (χ2n) is 5.19. The average Bonchev–Trinajstić information content (AvgIpc) is 2.40. The summed E-state index contributed by atoms with van der Waals surface area (Å²) >= 11 is 0. The lowest BCUT2D eigenvalue weighted by Gasteiger charge is -2.16. The van der Waals surface area contributed by atoms with Crippen molar-refractivity contribution >= 4 is 10.0 Å². The topological polar surface area (TPSA) is 67.4 Å². The van der Waals surface area contributed by atoms with Crippen LogP contribution in [-0.2, 0) is 21.3 Å². The van der Waals surface area contributed by atoms with Crippen molar-refractivity contribution in [1.82, 2.24) is 10.0 Å². The lowest BCUT2D eigenvalue weighted by molar-refractivity contribution is 0.180. The molecule has 1 atom stereocenters. The SMILES string of the molecule is CCCNCc1cccc(S(=O)(=O)NC(C)COC)c1C. The van der Waals surface area contributed by atoms with Gasteiger partial charge in [0.2, 0.25) is 10.0 Å². The van der Waals surface area contributed by atoms with E-state index in [9.17, 15) is 8.42 Å². The molecule has 1 aromatic rings. The summed E-state index contributed by atoms with van der Waals surface area (Å²) < 4.78 is 32.5. The van der Waals surface area contributed by atoms with Crippen molar-refractivity contribution in [2.75, 3.05) is 20.3 Å². The summed E-state index contributed by atoms with van der Waals surface area (Å²) in [7, 11) is -1.97. The Morgan fingerprint density at radius 3 is 2.67 bits per heavy atom. The van der Waals surface area contributed by atoms with Crippen molar-refractivity contribution in [2.45, 2.75) is 44.7 Å². The van der Waals surface area contributed by atoms with Crippen molar-refractivity contribution in [3.8, 4) is 0 Å². The first-order valence-electron chi connectivity index (χ1n) is 7.22. The third kappa shape index (κ3) is 5.39. The lowest BCUT2D eigenvalue weighted by Crippen LogP contribution is -2.36. The number of sulfonamides is 1. The standard InChI is InChI=1S/C15H26N2O3S/c1-5-9-16-10-14-7-6-8-15(13(14)3)21(18,19)17-12(2)11-20-4/h6-8,12,16-17H,5,9-11H2,1-4H3. The Hall–Kier alpha value is -0.950. The number of hydrogen-bond acceptors (Lipinski definition) is 4. The molecule has 0 spiro atoms. The molecule has 0 saturated carbocycles.